The maximum atomic E-state index is 13.1. The number of ether oxygens (including phenoxy) is 2. The van der Waals surface area contributed by atoms with Gasteiger partial charge in [-0.3, -0.25) is 9.69 Å². The van der Waals surface area contributed by atoms with Gasteiger partial charge in [0, 0.05) is 30.1 Å². The Labute approximate surface area is 216 Å². The van der Waals surface area contributed by atoms with Gasteiger partial charge < -0.3 is 14.5 Å². The van der Waals surface area contributed by atoms with Crippen LogP contribution in [0.3, 0.4) is 0 Å². The molecule has 2 heterocycles. The van der Waals surface area contributed by atoms with Crippen LogP contribution in [0.2, 0.25) is 0 Å². The standard InChI is InChI=1S/C28H34N6O3/c1-19-9-11-20(12-10-19)16-33(18-27-30-31-32-34(27)23-7-5-4-6-8-23)17-22-13-21-14-25(36-2)26(37-3)15-24(21)29-28(22)35/h9-15,23H,4-8,16-18H2,1-3H3,(H,29,35). The first-order chi connectivity index (χ1) is 18.0. The van der Waals surface area contributed by atoms with Gasteiger partial charge in [-0.25, -0.2) is 4.68 Å². The second-order valence-electron chi connectivity index (χ2n) is 9.88. The van der Waals surface area contributed by atoms with Crippen LogP contribution >= 0.6 is 0 Å². The normalized spacial score (nSPS) is 14.4. The zero-order chi connectivity index (χ0) is 25.8. The smallest absolute Gasteiger partial charge is 0.252 e. The molecule has 2 aromatic heterocycles. The van der Waals surface area contributed by atoms with Crippen molar-refractivity contribution in [3.63, 3.8) is 0 Å². The molecule has 0 amide bonds. The Morgan fingerprint density at radius 2 is 1.70 bits per heavy atom. The Morgan fingerprint density at radius 3 is 2.43 bits per heavy atom. The van der Waals surface area contributed by atoms with Crippen LogP contribution in [0.15, 0.2) is 47.3 Å². The molecule has 1 fully saturated rings. The predicted molar refractivity (Wildman–Crippen MR) is 142 cm³/mol. The molecule has 0 atom stereocenters. The zero-order valence-corrected chi connectivity index (χ0v) is 21.7. The van der Waals surface area contributed by atoms with Crippen LogP contribution in [0.25, 0.3) is 10.9 Å². The average molecular weight is 503 g/mol. The summed E-state index contributed by atoms with van der Waals surface area (Å²) in [7, 11) is 3.19. The summed E-state index contributed by atoms with van der Waals surface area (Å²) in [6, 6.07) is 14.4. The summed E-state index contributed by atoms with van der Waals surface area (Å²) in [5.74, 6) is 2.03. The van der Waals surface area contributed by atoms with Gasteiger partial charge in [0.25, 0.3) is 5.56 Å². The Balaban J connectivity index is 1.46. The monoisotopic (exact) mass is 502 g/mol. The number of aromatic amines is 1. The minimum atomic E-state index is -0.125. The van der Waals surface area contributed by atoms with E-state index >= 15 is 0 Å². The molecule has 1 aliphatic rings. The van der Waals surface area contributed by atoms with Crippen LogP contribution in [-0.2, 0) is 19.6 Å². The molecule has 1 N–H and O–H groups in total. The molecule has 0 bridgehead atoms. The molecule has 37 heavy (non-hydrogen) atoms. The maximum absolute atomic E-state index is 13.1. The molecule has 1 saturated carbocycles. The third kappa shape index (κ3) is 5.67. The van der Waals surface area contributed by atoms with Gasteiger partial charge >= 0.3 is 0 Å². The van der Waals surface area contributed by atoms with E-state index in [1.807, 2.05) is 16.8 Å². The molecule has 1 aliphatic carbocycles. The lowest BCUT2D eigenvalue weighted by Crippen LogP contribution is -2.29. The fraction of sp³-hybridized carbons (Fsp3) is 0.429. The highest BCUT2D eigenvalue weighted by Crippen LogP contribution is 2.31. The van der Waals surface area contributed by atoms with Crippen molar-refractivity contribution in [1.29, 1.82) is 0 Å². The largest absolute Gasteiger partial charge is 0.493 e. The summed E-state index contributed by atoms with van der Waals surface area (Å²) in [6.07, 6.45) is 5.89. The molecule has 0 unspecified atom stereocenters. The van der Waals surface area contributed by atoms with Gasteiger partial charge in [-0.1, -0.05) is 49.1 Å². The molecule has 4 aromatic rings. The van der Waals surface area contributed by atoms with E-state index in [4.69, 9.17) is 9.47 Å². The fourth-order valence-corrected chi connectivity index (χ4v) is 5.18. The van der Waals surface area contributed by atoms with E-state index in [0.717, 1.165) is 24.1 Å². The number of hydrogen-bond acceptors (Lipinski definition) is 7. The number of benzene rings is 2. The van der Waals surface area contributed by atoms with Gasteiger partial charge in [0.15, 0.2) is 17.3 Å². The Hall–Kier alpha value is -3.72. The van der Waals surface area contributed by atoms with E-state index < -0.39 is 0 Å². The number of pyridine rings is 1. The van der Waals surface area contributed by atoms with Crippen molar-refractivity contribution in [2.24, 2.45) is 0 Å². The first kappa shape index (κ1) is 25.0. The molecule has 194 valence electrons. The molecule has 0 radical (unpaired) electrons. The van der Waals surface area contributed by atoms with Crippen molar-refractivity contribution in [1.82, 2.24) is 30.1 Å². The molecule has 2 aromatic carbocycles. The number of tetrazole rings is 1. The minimum absolute atomic E-state index is 0.125. The molecular formula is C28H34N6O3. The summed E-state index contributed by atoms with van der Waals surface area (Å²) < 4.78 is 12.9. The predicted octanol–water partition coefficient (Wildman–Crippen LogP) is 4.55. The molecule has 0 saturated heterocycles. The highest BCUT2D eigenvalue weighted by atomic mass is 16.5. The molecule has 0 spiro atoms. The Kier molecular flexibility index (Phi) is 7.50. The van der Waals surface area contributed by atoms with Crippen LogP contribution in [0.5, 0.6) is 11.5 Å². The highest BCUT2D eigenvalue weighted by molar-refractivity contribution is 5.83. The first-order valence-electron chi connectivity index (χ1n) is 12.9. The molecule has 5 rings (SSSR count). The number of H-pyrrole nitrogens is 1. The van der Waals surface area contributed by atoms with Crippen molar-refractivity contribution in [2.75, 3.05) is 14.2 Å². The van der Waals surface area contributed by atoms with Gasteiger partial charge in [0.2, 0.25) is 0 Å². The topological polar surface area (TPSA) is 98.2 Å². The number of aromatic nitrogens is 5. The zero-order valence-electron chi connectivity index (χ0n) is 21.7. The van der Waals surface area contributed by atoms with Crippen LogP contribution in [0.1, 0.15) is 60.7 Å². The molecule has 0 aliphatic heterocycles. The summed E-state index contributed by atoms with van der Waals surface area (Å²) in [6.45, 7) is 3.74. The van der Waals surface area contributed by atoms with Crippen LogP contribution in [-0.4, -0.2) is 44.3 Å². The van der Waals surface area contributed by atoms with Crippen molar-refractivity contribution < 1.29 is 9.47 Å². The van der Waals surface area contributed by atoms with Crippen molar-refractivity contribution >= 4 is 10.9 Å². The Morgan fingerprint density at radius 1 is 0.973 bits per heavy atom. The second kappa shape index (κ2) is 11.1. The van der Waals surface area contributed by atoms with Crippen molar-refractivity contribution in [2.45, 2.75) is 64.7 Å². The lowest BCUT2D eigenvalue weighted by molar-refractivity contribution is 0.225. The summed E-state index contributed by atoms with van der Waals surface area (Å²) >= 11 is 0. The third-order valence-corrected chi connectivity index (χ3v) is 7.19. The number of hydrogen-bond donors (Lipinski definition) is 1. The van der Waals surface area contributed by atoms with Gasteiger partial charge in [-0.05, 0) is 47.9 Å². The second-order valence-corrected chi connectivity index (χ2v) is 9.88. The van der Waals surface area contributed by atoms with Crippen LogP contribution in [0, 0.1) is 6.92 Å². The maximum Gasteiger partial charge on any atom is 0.252 e. The lowest BCUT2D eigenvalue weighted by Gasteiger charge is -2.25. The molecular weight excluding hydrogens is 468 g/mol. The fourth-order valence-electron chi connectivity index (χ4n) is 5.18. The van der Waals surface area contributed by atoms with E-state index in [2.05, 4.69) is 56.6 Å². The summed E-state index contributed by atoms with van der Waals surface area (Å²) in [4.78, 5) is 18.4. The van der Waals surface area contributed by atoms with Gasteiger partial charge in [0.1, 0.15) is 0 Å². The first-order valence-corrected chi connectivity index (χ1v) is 12.9. The van der Waals surface area contributed by atoms with E-state index in [-0.39, 0.29) is 5.56 Å². The molecule has 9 nitrogen and oxygen atoms in total. The Bertz CT molecular complexity index is 1410. The van der Waals surface area contributed by atoms with Gasteiger partial charge in [0.05, 0.1) is 32.3 Å². The quantitative estimate of drug-likeness (QED) is 0.359. The summed E-state index contributed by atoms with van der Waals surface area (Å²) in [5.41, 5.74) is 3.64. The number of nitrogens with one attached hydrogen (secondary N) is 1. The average Bonchev–Trinajstić information content (AvgIpc) is 3.38. The lowest BCUT2D eigenvalue weighted by atomic mass is 9.95. The van der Waals surface area contributed by atoms with Crippen LogP contribution in [0.4, 0.5) is 0 Å². The minimum Gasteiger partial charge on any atom is -0.493 e. The van der Waals surface area contributed by atoms with Crippen molar-refractivity contribution in [3.05, 3.63) is 75.3 Å². The molecule has 9 heteroatoms. The highest BCUT2D eigenvalue weighted by Gasteiger charge is 2.22. The van der Waals surface area contributed by atoms with E-state index in [1.54, 1.807) is 20.3 Å². The van der Waals surface area contributed by atoms with Gasteiger partial charge in [-0.2, -0.15) is 0 Å². The van der Waals surface area contributed by atoms with Crippen LogP contribution < -0.4 is 15.0 Å². The van der Waals surface area contributed by atoms with Gasteiger partial charge in [-0.15, -0.1) is 5.10 Å². The number of fused-ring (bicyclic) bond motifs is 1. The third-order valence-electron chi connectivity index (χ3n) is 7.19. The van der Waals surface area contributed by atoms with E-state index in [0.29, 0.717) is 48.3 Å². The summed E-state index contributed by atoms with van der Waals surface area (Å²) in [5, 5.41) is 13.6. The number of nitrogens with zero attached hydrogens (tertiary/aromatic N) is 5. The number of rotatable bonds is 9. The number of aryl methyl sites for hydroxylation is 1. The van der Waals surface area contributed by atoms with E-state index in [9.17, 15) is 4.79 Å². The van der Waals surface area contributed by atoms with Crippen molar-refractivity contribution in [3.8, 4) is 11.5 Å². The number of methoxy groups -OCH3 is 2. The SMILES string of the molecule is COc1cc2cc(CN(Cc3ccc(C)cc3)Cc3nnnn3C3CCCCC3)c(=O)[nH]c2cc1OC. The van der Waals surface area contributed by atoms with E-state index in [1.165, 1.54) is 30.4 Å².